The zero-order valence-electron chi connectivity index (χ0n) is 15.1. The van der Waals surface area contributed by atoms with E-state index in [4.69, 9.17) is 4.74 Å². The lowest BCUT2D eigenvalue weighted by atomic mass is 10.1. The Balaban J connectivity index is 1.59. The van der Waals surface area contributed by atoms with Crippen LogP contribution in [0.5, 0.6) is 5.75 Å². The minimum atomic E-state index is -0.167. The van der Waals surface area contributed by atoms with E-state index in [1.807, 2.05) is 24.0 Å². The molecule has 2 aliphatic rings. The number of methoxy groups -OCH3 is 1. The molecule has 0 N–H and O–H groups in total. The van der Waals surface area contributed by atoms with Crippen LogP contribution < -0.4 is 9.64 Å². The fraction of sp³-hybridized carbons (Fsp3) is 0.579. The lowest BCUT2D eigenvalue weighted by Crippen LogP contribution is -2.40. The first-order chi connectivity index (χ1) is 12.1. The first-order valence-electron chi connectivity index (χ1n) is 9.08. The van der Waals surface area contributed by atoms with E-state index < -0.39 is 0 Å². The summed E-state index contributed by atoms with van der Waals surface area (Å²) in [6.07, 6.45) is 1.31. The second-order valence-corrected chi connectivity index (χ2v) is 6.70. The van der Waals surface area contributed by atoms with Gasteiger partial charge < -0.3 is 19.4 Å². The molecule has 0 aromatic heterocycles. The maximum Gasteiger partial charge on any atom is 0.228 e. The predicted molar refractivity (Wildman–Crippen MR) is 96.8 cm³/mol. The molecule has 2 fully saturated rings. The largest absolute Gasteiger partial charge is 0.497 e. The molecule has 3 rings (SSSR count). The van der Waals surface area contributed by atoms with Crippen molar-refractivity contribution in [1.82, 2.24) is 9.80 Å². The Morgan fingerprint density at radius 3 is 2.56 bits per heavy atom. The Labute approximate surface area is 149 Å². The molecular formula is C19H27N3O3. The summed E-state index contributed by atoms with van der Waals surface area (Å²) in [5.74, 6) is 0.929. The quantitative estimate of drug-likeness (QED) is 0.832. The molecule has 0 radical (unpaired) electrons. The fourth-order valence-corrected chi connectivity index (χ4v) is 3.69. The average Bonchev–Trinajstić information content (AvgIpc) is 2.86. The highest BCUT2D eigenvalue weighted by molar-refractivity contribution is 5.89. The second-order valence-electron chi connectivity index (χ2n) is 6.70. The van der Waals surface area contributed by atoms with Crippen LogP contribution in [0.2, 0.25) is 0 Å². The zero-order chi connectivity index (χ0) is 17.8. The van der Waals surface area contributed by atoms with Crippen molar-refractivity contribution in [3.8, 4) is 5.75 Å². The van der Waals surface area contributed by atoms with Gasteiger partial charge in [-0.3, -0.25) is 9.59 Å². The van der Waals surface area contributed by atoms with E-state index in [-0.39, 0.29) is 17.7 Å². The van der Waals surface area contributed by atoms with Crippen molar-refractivity contribution in [3.05, 3.63) is 24.3 Å². The number of rotatable bonds is 4. The third-order valence-electron chi connectivity index (χ3n) is 5.19. The van der Waals surface area contributed by atoms with Crippen molar-refractivity contribution in [3.63, 3.8) is 0 Å². The number of benzene rings is 1. The summed E-state index contributed by atoms with van der Waals surface area (Å²) in [5.41, 5.74) is 1.16. The van der Waals surface area contributed by atoms with E-state index in [9.17, 15) is 9.59 Å². The third-order valence-corrected chi connectivity index (χ3v) is 5.19. The van der Waals surface area contributed by atoms with Crippen LogP contribution in [0.1, 0.15) is 19.8 Å². The van der Waals surface area contributed by atoms with E-state index in [1.54, 1.807) is 12.0 Å². The van der Waals surface area contributed by atoms with Gasteiger partial charge in [0.05, 0.1) is 13.0 Å². The molecule has 1 aromatic rings. The van der Waals surface area contributed by atoms with E-state index in [0.717, 1.165) is 37.5 Å². The number of hydrogen-bond acceptors (Lipinski definition) is 4. The van der Waals surface area contributed by atoms with Crippen LogP contribution in [-0.2, 0) is 9.59 Å². The Kier molecular flexibility index (Phi) is 5.46. The topological polar surface area (TPSA) is 53.1 Å². The van der Waals surface area contributed by atoms with Crippen molar-refractivity contribution in [2.75, 3.05) is 51.3 Å². The molecule has 1 aromatic carbocycles. The van der Waals surface area contributed by atoms with Crippen molar-refractivity contribution >= 4 is 17.5 Å². The van der Waals surface area contributed by atoms with Gasteiger partial charge in [-0.1, -0.05) is 0 Å². The minimum absolute atomic E-state index is 0.107. The normalized spacial score (nSPS) is 21.4. The average molecular weight is 345 g/mol. The second kappa shape index (κ2) is 7.76. The lowest BCUT2D eigenvalue weighted by molar-refractivity contribution is -0.135. The summed E-state index contributed by atoms with van der Waals surface area (Å²) in [7, 11) is 1.66. The van der Waals surface area contributed by atoms with Crippen LogP contribution in [0, 0.1) is 5.92 Å². The van der Waals surface area contributed by atoms with Crippen LogP contribution in [-0.4, -0.2) is 68.0 Å². The molecule has 2 heterocycles. The van der Waals surface area contributed by atoms with Crippen molar-refractivity contribution in [1.29, 1.82) is 0 Å². The van der Waals surface area contributed by atoms with Crippen LogP contribution >= 0.6 is 0 Å². The van der Waals surface area contributed by atoms with E-state index in [2.05, 4.69) is 17.0 Å². The zero-order valence-corrected chi connectivity index (χ0v) is 15.1. The molecule has 2 saturated heterocycles. The molecule has 25 heavy (non-hydrogen) atoms. The van der Waals surface area contributed by atoms with Crippen molar-refractivity contribution in [2.45, 2.75) is 19.8 Å². The van der Waals surface area contributed by atoms with E-state index >= 15 is 0 Å². The molecule has 0 aliphatic carbocycles. The van der Waals surface area contributed by atoms with Crippen molar-refractivity contribution < 1.29 is 14.3 Å². The van der Waals surface area contributed by atoms with Gasteiger partial charge in [0.15, 0.2) is 0 Å². The molecule has 2 aliphatic heterocycles. The molecular weight excluding hydrogens is 318 g/mol. The number of likely N-dealkylation sites (tertiary alicyclic amines) is 1. The Morgan fingerprint density at radius 1 is 1.16 bits per heavy atom. The van der Waals surface area contributed by atoms with Gasteiger partial charge in [-0.15, -0.1) is 0 Å². The van der Waals surface area contributed by atoms with Crippen LogP contribution in [0.25, 0.3) is 0 Å². The highest BCUT2D eigenvalue weighted by Gasteiger charge is 2.36. The summed E-state index contributed by atoms with van der Waals surface area (Å²) in [5, 5.41) is 0. The molecule has 0 bridgehead atoms. The maximum atomic E-state index is 12.8. The number of nitrogens with zero attached hydrogens (tertiary/aromatic N) is 3. The van der Waals surface area contributed by atoms with Gasteiger partial charge in [-0.05, 0) is 37.6 Å². The molecule has 2 amide bonds. The number of amides is 2. The predicted octanol–water partition coefficient (Wildman–Crippen LogP) is 1.60. The van der Waals surface area contributed by atoms with Gasteiger partial charge in [0, 0.05) is 51.4 Å². The SMILES string of the molecule is CCN1C[C@@H](C(=O)N2CCCN(c3ccc(OC)cc3)CC2)CC1=O. The van der Waals surface area contributed by atoms with Crippen molar-refractivity contribution in [2.24, 2.45) is 5.92 Å². The Bertz CT molecular complexity index is 617. The van der Waals surface area contributed by atoms with Gasteiger partial charge in [0.1, 0.15) is 5.75 Å². The van der Waals surface area contributed by atoms with Crippen LogP contribution in [0.4, 0.5) is 5.69 Å². The fourth-order valence-electron chi connectivity index (χ4n) is 3.69. The molecule has 0 unspecified atom stereocenters. The molecule has 0 spiro atoms. The number of anilines is 1. The van der Waals surface area contributed by atoms with Gasteiger partial charge in [-0.2, -0.15) is 0 Å². The highest BCUT2D eigenvalue weighted by atomic mass is 16.5. The first kappa shape index (κ1) is 17.6. The lowest BCUT2D eigenvalue weighted by Gasteiger charge is -2.25. The molecule has 6 nitrogen and oxygen atoms in total. The third kappa shape index (κ3) is 3.89. The van der Waals surface area contributed by atoms with Gasteiger partial charge in [0.25, 0.3) is 0 Å². The number of carbonyl (C=O) groups excluding carboxylic acids is 2. The first-order valence-corrected chi connectivity index (χ1v) is 9.08. The molecule has 6 heteroatoms. The summed E-state index contributed by atoms with van der Waals surface area (Å²) < 4.78 is 5.21. The van der Waals surface area contributed by atoms with Gasteiger partial charge >= 0.3 is 0 Å². The number of hydrogen-bond donors (Lipinski definition) is 0. The summed E-state index contributed by atoms with van der Waals surface area (Å²) in [4.78, 5) is 30.7. The summed E-state index contributed by atoms with van der Waals surface area (Å²) in [6, 6.07) is 8.05. The minimum Gasteiger partial charge on any atom is -0.497 e. The highest BCUT2D eigenvalue weighted by Crippen LogP contribution is 2.23. The number of ether oxygens (including phenoxy) is 1. The molecule has 0 saturated carbocycles. The molecule has 136 valence electrons. The van der Waals surface area contributed by atoms with Crippen LogP contribution in [0.3, 0.4) is 0 Å². The van der Waals surface area contributed by atoms with Gasteiger partial charge in [0.2, 0.25) is 11.8 Å². The van der Waals surface area contributed by atoms with Gasteiger partial charge in [-0.25, -0.2) is 0 Å². The Hall–Kier alpha value is -2.24. The van der Waals surface area contributed by atoms with E-state index in [0.29, 0.717) is 26.1 Å². The summed E-state index contributed by atoms with van der Waals surface area (Å²) in [6.45, 7) is 6.45. The smallest absolute Gasteiger partial charge is 0.228 e. The Morgan fingerprint density at radius 2 is 1.92 bits per heavy atom. The summed E-state index contributed by atoms with van der Waals surface area (Å²) >= 11 is 0. The number of carbonyl (C=O) groups is 2. The monoisotopic (exact) mass is 345 g/mol. The standard InChI is InChI=1S/C19H27N3O3/c1-3-20-14-15(13-18(20)23)19(24)22-10-4-9-21(11-12-22)16-5-7-17(25-2)8-6-16/h5-8,15H,3-4,9-14H2,1-2H3/t15-/m0/s1. The van der Waals surface area contributed by atoms with Crippen LogP contribution in [0.15, 0.2) is 24.3 Å². The molecule has 1 atom stereocenters. The maximum absolute atomic E-state index is 12.8. The van der Waals surface area contributed by atoms with E-state index in [1.165, 1.54) is 0 Å².